The third kappa shape index (κ3) is 5.35. The highest BCUT2D eigenvalue weighted by molar-refractivity contribution is 7.09. The topological polar surface area (TPSA) is 33.1 Å². The fraction of sp³-hybridized carbons (Fsp3) is 0.750. The maximum Gasteiger partial charge on any atom is 0.389 e. The van der Waals surface area contributed by atoms with Crippen molar-refractivity contribution in [2.24, 2.45) is 0 Å². The molecule has 1 heterocycles. The second-order valence-corrected chi connectivity index (χ2v) is 6.33. The third-order valence-corrected chi connectivity index (χ3v) is 3.36. The van der Waals surface area contributed by atoms with Gasteiger partial charge >= 0.3 is 6.18 Å². The van der Waals surface area contributed by atoms with E-state index in [0.717, 1.165) is 5.69 Å². The Morgan fingerprint density at radius 3 is 2.39 bits per heavy atom. The van der Waals surface area contributed by atoms with Crippen molar-refractivity contribution in [3.05, 3.63) is 16.1 Å². The number of hydrogen-bond acceptors (Lipinski definition) is 3. The molecule has 0 bridgehead atoms. The van der Waals surface area contributed by atoms with E-state index < -0.39 is 18.7 Å². The monoisotopic (exact) mass is 281 g/mol. The molecule has 0 amide bonds. The fourth-order valence-electron chi connectivity index (χ4n) is 1.38. The molecule has 0 saturated heterocycles. The van der Waals surface area contributed by atoms with Crippen molar-refractivity contribution in [3.8, 4) is 0 Å². The lowest BCUT2D eigenvalue weighted by molar-refractivity contribution is -0.139. The summed E-state index contributed by atoms with van der Waals surface area (Å²) in [5.74, 6) is 0. The van der Waals surface area contributed by atoms with Gasteiger partial charge in [-0.3, -0.25) is 0 Å². The van der Waals surface area contributed by atoms with Gasteiger partial charge in [-0.1, -0.05) is 20.8 Å². The first kappa shape index (κ1) is 15.4. The molecule has 1 N–H and O–H groups in total. The number of thiazole rings is 1. The van der Waals surface area contributed by atoms with Crippen LogP contribution in [0.25, 0.3) is 0 Å². The Kier molecular flexibility index (Phi) is 4.78. The first-order valence-corrected chi connectivity index (χ1v) is 6.65. The SMILES string of the molecule is CC(C)(C)c1csc(CC(O)CCC(F)(F)F)n1. The van der Waals surface area contributed by atoms with E-state index in [1.165, 1.54) is 11.3 Å². The summed E-state index contributed by atoms with van der Waals surface area (Å²) < 4.78 is 36.0. The van der Waals surface area contributed by atoms with E-state index in [1.54, 1.807) is 0 Å². The van der Waals surface area contributed by atoms with E-state index in [4.69, 9.17) is 0 Å². The molecule has 0 radical (unpaired) electrons. The molecule has 0 fully saturated rings. The lowest BCUT2D eigenvalue weighted by Crippen LogP contribution is -2.17. The predicted molar refractivity (Wildman–Crippen MR) is 65.8 cm³/mol. The molecule has 1 atom stereocenters. The minimum absolute atomic E-state index is 0.0777. The van der Waals surface area contributed by atoms with Crippen molar-refractivity contribution in [3.63, 3.8) is 0 Å². The molecular weight excluding hydrogens is 263 g/mol. The van der Waals surface area contributed by atoms with Crippen LogP contribution in [-0.2, 0) is 11.8 Å². The summed E-state index contributed by atoms with van der Waals surface area (Å²) in [7, 11) is 0. The van der Waals surface area contributed by atoms with Crippen LogP contribution in [0.1, 0.15) is 44.3 Å². The highest BCUT2D eigenvalue weighted by atomic mass is 32.1. The van der Waals surface area contributed by atoms with Gasteiger partial charge in [0.2, 0.25) is 0 Å². The van der Waals surface area contributed by atoms with Crippen LogP contribution in [0.5, 0.6) is 0 Å². The first-order valence-electron chi connectivity index (χ1n) is 5.77. The smallest absolute Gasteiger partial charge is 0.389 e. The Labute approximate surface area is 109 Å². The number of aromatic nitrogens is 1. The van der Waals surface area contributed by atoms with Gasteiger partial charge in [0.15, 0.2) is 0 Å². The molecule has 0 aromatic carbocycles. The molecule has 1 rings (SSSR count). The van der Waals surface area contributed by atoms with Gasteiger partial charge in [0.1, 0.15) is 0 Å². The van der Waals surface area contributed by atoms with Crippen molar-refractivity contribution in [2.75, 3.05) is 0 Å². The van der Waals surface area contributed by atoms with Gasteiger partial charge < -0.3 is 5.11 Å². The highest BCUT2D eigenvalue weighted by Crippen LogP contribution is 2.26. The fourth-order valence-corrected chi connectivity index (χ4v) is 2.48. The van der Waals surface area contributed by atoms with Gasteiger partial charge in [-0.2, -0.15) is 13.2 Å². The summed E-state index contributed by atoms with van der Waals surface area (Å²) in [6, 6.07) is 0. The molecule has 0 aliphatic rings. The molecule has 0 aliphatic carbocycles. The molecule has 2 nitrogen and oxygen atoms in total. The Hall–Kier alpha value is -0.620. The van der Waals surface area contributed by atoms with Crippen LogP contribution in [0.15, 0.2) is 5.38 Å². The molecule has 104 valence electrons. The summed E-state index contributed by atoms with van der Waals surface area (Å²) >= 11 is 1.39. The Balaban J connectivity index is 2.50. The van der Waals surface area contributed by atoms with Gasteiger partial charge in [-0.15, -0.1) is 11.3 Å². The van der Waals surface area contributed by atoms with E-state index in [0.29, 0.717) is 5.01 Å². The number of alkyl halides is 3. The van der Waals surface area contributed by atoms with Crippen molar-refractivity contribution in [1.82, 2.24) is 4.98 Å². The Bertz CT molecular complexity index is 381. The molecule has 0 aliphatic heterocycles. The van der Waals surface area contributed by atoms with Crippen LogP contribution >= 0.6 is 11.3 Å². The number of hydrogen-bond donors (Lipinski definition) is 1. The summed E-state index contributed by atoms with van der Waals surface area (Å²) in [4.78, 5) is 4.34. The van der Waals surface area contributed by atoms with Gasteiger partial charge in [0, 0.05) is 23.6 Å². The average molecular weight is 281 g/mol. The van der Waals surface area contributed by atoms with E-state index in [9.17, 15) is 18.3 Å². The molecular formula is C12H18F3NOS. The normalized spacial score (nSPS) is 14.8. The molecule has 0 spiro atoms. The van der Waals surface area contributed by atoms with Gasteiger partial charge in [-0.05, 0) is 6.42 Å². The molecule has 0 saturated carbocycles. The molecule has 1 aromatic rings. The predicted octanol–water partition coefficient (Wildman–Crippen LogP) is 3.69. The standard InChI is InChI=1S/C12H18F3NOS/c1-11(2,3)9-7-18-10(16-9)6-8(17)4-5-12(13,14)15/h7-8,17H,4-6H2,1-3H3. The van der Waals surface area contributed by atoms with Crippen molar-refractivity contribution < 1.29 is 18.3 Å². The third-order valence-electron chi connectivity index (χ3n) is 2.49. The number of aliphatic hydroxyl groups is 1. The zero-order chi connectivity index (χ0) is 14.0. The van der Waals surface area contributed by atoms with Gasteiger partial charge in [0.25, 0.3) is 0 Å². The highest BCUT2D eigenvalue weighted by Gasteiger charge is 2.28. The second kappa shape index (κ2) is 5.57. The number of halogens is 3. The average Bonchev–Trinajstić information content (AvgIpc) is 2.61. The van der Waals surface area contributed by atoms with Gasteiger partial charge in [-0.25, -0.2) is 4.98 Å². The largest absolute Gasteiger partial charge is 0.393 e. The number of nitrogens with zero attached hydrogens (tertiary/aromatic N) is 1. The quantitative estimate of drug-likeness (QED) is 0.913. The minimum atomic E-state index is -4.21. The van der Waals surface area contributed by atoms with Crippen molar-refractivity contribution >= 4 is 11.3 Å². The van der Waals surface area contributed by atoms with Crippen LogP contribution in [0.4, 0.5) is 13.2 Å². The number of rotatable bonds is 4. The zero-order valence-corrected chi connectivity index (χ0v) is 11.5. The summed E-state index contributed by atoms with van der Waals surface area (Å²) in [5, 5.41) is 12.1. The summed E-state index contributed by atoms with van der Waals surface area (Å²) in [5.41, 5.74) is 0.830. The maximum absolute atomic E-state index is 12.0. The first-order chi connectivity index (χ1) is 8.08. The molecule has 1 unspecified atom stereocenters. The summed E-state index contributed by atoms with van der Waals surface area (Å²) in [6.07, 6.45) is -6.22. The van der Waals surface area contributed by atoms with Crippen LogP contribution in [0, 0.1) is 0 Å². The van der Waals surface area contributed by atoms with Crippen LogP contribution in [0.2, 0.25) is 0 Å². The molecule has 6 heteroatoms. The molecule has 1 aromatic heterocycles. The second-order valence-electron chi connectivity index (χ2n) is 5.39. The van der Waals surface area contributed by atoms with Crippen LogP contribution < -0.4 is 0 Å². The summed E-state index contributed by atoms with van der Waals surface area (Å²) in [6.45, 7) is 6.06. The Morgan fingerprint density at radius 2 is 1.94 bits per heavy atom. The van der Waals surface area contributed by atoms with E-state index in [-0.39, 0.29) is 18.3 Å². The zero-order valence-electron chi connectivity index (χ0n) is 10.7. The van der Waals surface area contributed by atoms with Crippen molar-refractivity contribution in [1.29, 1.82) is 0 Å². The van der Waals surface area contributed by atoms with E-state index >= 15 is 0 Å². The van der Waals surface area contributed by atoms with Crippen LogP contribution in [-0.4, -0.2) is 22.4 Å². The minimum Gasteiger partial charge on any atom is -0.393 e. The molecule has 18 heavy (non-hydrogen) atoms. The Morgan fingerprint density at radius 1 is 1.33 bits per heavy atom. The maximum atomic E-state index is 12.0. The number of aliphatic hydroxyl groups excluding tert-OH is 1. The van der Waals surface area contributed by atoms with E-state index in [1.807, 2.05) is 26.2 Å². The van der Waals surface area contributed by atoms with Gasteiger partial charge in [0.05, 0.1) is 16.8 Å². The lowest BCUT2D eigenvalue weighted by Gasteiger charge is -2.14. The van der Waals surface area contributed by atoms with E-state index in [2.05, 4.69) is 4.98 Å². The van der Waals surface area contributed by atoms with Crippen molar-refractivity contribution in [2.45, 2.75) is 57.7 Å². The lowest BCUT2D eigenvalue weighted by atomic mass is 9.93. The van der Waals surface area contributed by atoms with Crippen LogP contribution in [0.3, 0.4) is 0 Å².